The van der Waals surface area contributed by atoms with E-state index < -0.39 is 6.10 Å². The zero-order chi connectivity index (χ0) is 22.0. The van der Waals surface area contributed by atoms with E-state index in [0.717, 1.165) is 55.0 Å². The van der Waals surface area contributed by atoms with E-state index >= 15 is 0 Å². The van der Waals surface area contributed by atoms with Gasteiger partial charge in [0.15, 0.2) is 0 Å². The van der Waals surface area contributed by atoms with Gasteiger partial charge in [-0.2, -0.15) is 5.26 Å². The molecule has 1 aromatic heterocycles. The molecular weight excluding hydrogens is 392 g/mol. The SMILES string of the molecule is Cc1c(C(O)CN2CCC(CN(C)c3ccc(C#N)cn3)CC2)ccc2c1COC2=O. The molecule has 1 atom stereocenters. The van der Waals surface area contributed by atoms with Crippen LogP contribution in [0.1, 0.15) is 51.6 Å². The number of rotatable bonds is 6. The van der Waals surface area contributed by atoms with Crippen LogP contribution in [0.3, 0.4) is 0 Å². The van der Waals surface area contributed by atoms with Crippen LogP contribution >= 0.6 is 0 Å². The number of cyclic esters (lactones) is 1. The van der Waals surface area contributed by atoms with Gasteiger partial charge in [0, 0.05) is 31.9 Å². The molecule has 4 rings (SSSR count). The predicted octanol–water partition coefficient (Wildman–Crippen LogP) is 2.81. The molecule has 7 heteroatoms. The number of pyridine rings is 1. The third-order valence-corrected chi connectivity index (χ3v) is 6.51. The number of aliphatic hydroxyl groups is 1. The maximum absolute atomic E-state index is 11.7. The van der Waals surface area contributed by atoms with Crippen molar-refractivity contribution in [3.8, 4) is 6.07 Å². The Kier molecular flexibility index (Phi) is 6.21. The summed E-state index contributed by atoms with van der Waals surface area (Å²) in [4.78, 5) is 20.6. The van der Waals surface area contributed by atoms with Gasteiger partial charge in [-0.1, -0.05) is 6.07 Å². The number of esters is 1. The van der Waals surface area contributed by atoms with Gasteiger partial charge in [0.1, 0.15) is 18.5 Å². The Bertz CT molecular complexity index is 991. The third kappa shape index (κ3) is 4.55. The van der Waals surface area contributed by atoms with E-state index in [-0.39, 0.29) is 5.97 Å². The van der Waals surface area contributed by atoms with E-state index in [9.17, 15) is 9.90 Å². The first kappa shape index (κ1) is 21.3. The number of ether oxygens (including phenoxy) is 1. The van der Waals surface area contributed by atoms with E-state index in [0.29, 0.717) is 30.2 Å². The smallest absolute Gasteiger partial charge is 0.338 e. The van der Waals surface area contributed by atoms with Crippen LogP contribution in [0.15, 0.2) is 30.5 Å². The molecule has 1 N–H and O–H groups in total. The second-order valence-electron chi connectivity index (χ2n) is 8.54. The zero-order valence-corrected chi connectivity index (χ0v) is 18.0. The van der Waals surface area contributed by atoms with Crippen LogP contribution in [0.5, 0.6) is 0 Å². The molecule has 0 aliphatic carbocycles. The summed E-state index contributed by atoms with van der Waals surface area (Å²) in [6.07, 6.45) is 3.17. The van der Waals surface area contributed by atoms with Crippen LogP contribution in [-0.2, 0) is 11.3 Å². The molecular formula is C24H28N4O3. The topological polar surface area (TPSA) is 89.7 Å². The minimum Gasteiger partial charge on any atom is -0.457 e. The molecule has 2 aliphatic rings. The molecule has 2 aliphatic heterocycles. The molecule has 1 unspecified atom stereocenters. The number of hydrogen-bond donors (Lipinski definition) is 1. The minimum atomic E-state index is -0.580. The Morgan fingerprint density at radius 3 is 2.77 bits per heavy atom. The average molecular weight is 421 g/mol. The monoisotopic (exact) mass is 420 g/mol. The lowest BCUT2D eigenvalue weighted by Gasteiger charge is -2.35. The number of carbonyl (C=O) groups excluding carboxylic acids is 1. The molecule has 7 nitrogen and oxygen atoms in total. The summed E-state index contributed by atoms with van der Waals surface area (Å²) in [5, 5.41) is 19.8. The summed E-state index contributed by atoms with van der Waals surface area (Å²) in [5.74, 6) is 1.18. The molecule has 0 bridgehead atoms. The lowest BCUT2D eigenvalue weighted by Crippen LogP contribution is -2.39. The van der Waals surface area contributed by atoms with E-state index in [1.807, 2.05) is 26.1 Å². The maximum atomic E-state index is 11.7. The Hall–Kier alpha value is -2.95. The Morgan fingerprint density at radius 1 is 1.32 bits per heavy atom. The van der Waals surface area contributed by atoms with E-state index in [4.69, 9.17) is 10.00 Å². The predicted molar refractivity (Wildman–Crippen MR) is 117 cm³/mol. The van der Waals surface area contributed by atoms with E-state index in [2.05, 4.69) is 20.9 Å². The number of nitrogens with zero attached hydrogens (tertiary/aromatic N) is 4. The maximum Gasteiger partial charge on any atom is 0.338 e. The standard InChI is InChI=1S/C24H28N4O3/c1-16-19(4-5-20-21(16)15-31-24(20)30)22(29)14-28-9-7-17(8-10-28)13-27(2)23-6-3-18(11-25)12-26-23/h3-6,12,17,22,29H,7-10,13-15H2,1-2H3. The Labute approximate surface area is 182 Å². The van der Waals surface area contributed by atoms with Crippen LogP contribution in [0.25, 0.3) is 0 Å². The van der Waals surface area contributed by atoms with Crippen molar-refractivity contribution in [2.75, 3.05) is 38.1 Å². The van der Waals surface area contributed by atoms with Gasteiger partial charge in [0.25, 0.3) is 0 Å². The largest absolute Gasteiger partial charge is 0.457 e. The summed E-state index contributed by atoms with van der Waals surface area (Å²) in [7, 11) is 2.04. The quantitative estimate of drug-likeness (QED) is 0.719. The van der Waals surface area contributed by atoms with Gasteiger partial charge in [0.05, 0.1) is 17.2 Å². The number of benzene rings is 1. The number of carbonyl (C=O) groups is 1. The Morgan fingerprint density at radius 2 is 2.10 bits per heavy atom. The summed E-state index contributed by atoms with van der Waals surface area (Å²) < 4.78 is 5.12. The second kappa shape index (κ2) is 9.04. The summed E-state index contributed by atoms with van der Waals surface area (Å²) in [5.41, 5.74) is 3.93. The van der Waals surface area contributed by atoms with Crippen molar-refractivity contribution in [2.45, 2.75) is 32.5 Å². The van der Waals surface area contributed by atoms with Crippen LogP contribution in [0.2, 0.25) is 0 Å². The molecule has 0 radical (unpaired) electrons. The number of anilines is 1. The second-order valence-corrected chi connectivity index (χ2v) is 8.54. The van der Waals surface area contributed by atoms with Crippen LogP contribution in [0, 0.1) is 24.2 Å². The summed E-state index contributed by atoms with van der Waals surface area (Å²) in [6.45, 7) is 5.66. The van der Waals surface area contributed by atoms with Crippen molar-refractivity contribution < 1.29 is 14.6 Å². The number of likely N-dealkylation sites (tertiary alicyclic amines) is 1. The highest BCUT2D eigenvalue weighted by atomic mass is 16.5. The molecule has 1 saturated heterocycles. The molecule has 0 saturated carbocycles. The van der Waals surface area contributed by atoms with Gasteiger partial charge in [-0.3, -0.25) is 0 Å². The minimum absolute atomic E-state index is 0.276. The number of aromatic nitrogens is 1. The highest BCUT2D eigenvalue weighted by Gasteiger charge is 2.27. The fourth-order valence-corrected chi connectivity index (χ4v) is 4.58. The zero-order valence-electron chi connectivity index (χ0n) is 18.0. The number of nitriles is 1. The number of hydrogen-bond acceptors (Lipinski definition) is 7. The van der Waals surface area contributed by atoms with Gasteiger partial charge in [0.2, 0.25) is 0 Å². The fraction of sp³-hybridized carbons (Fsp3) is 0.458. The van der Waals surface area contributed by atoms with Crippen molar-refractivity contribution in [1.29, 1.82) is 5.26 Å². The number of β-amino-alcohol motifs (C(OH)–C–C–N with tert-alkyl or cyclic N) is 1. The summed E-state index contributed by atoms with van der Waals surface area (Å²) >= 11 is 0. The lowest BCUT2D eigenvalue weighted by atomic mass is 9.93. The van der Waals surface area contributed by atoms with Gasteiger partial charge in [-0.15, -0.1) is 0 Å². The third-order valence-electron chi connectivity index (χ3n) is 6.51. The highest BCUT2D eigenvalue weighted by Crippen LogP contribution is 2.30. The van der Waals surface area contributed by atoms with Gasteiger partial charge < -0.3 is 19.6 Å². The Balaban J connectivity index is 1.29. The first-order valence-corrected chi connectivity index (χ1v) is 10.7. The summed E-state index contributed by atoms with van der Waals surface area (Å²) in [6, 6.07) is 9.42. The van der Waals surface area contributed by atoms with Crippen LogP contribution in [-0.4, -0.2) is 54.2 Å². The molecule has 2 aromatic rings. The number of fused-ring (bicyclic) bond motifs is 1. The molecule has 1 aromatic carbocycles. The molecule has 0 amide bonds. The van der Waals surface area contributed by atoms with Gasteiger partial charge >= 0.3 is 5.97 Å². The fourth-order valence-electron chi connectivity index (χ4n) is 4.58. The average Bonchev–Trinajstić information content (AvgIpc) is 3.17. The van der Waals surface area contributed by atoms with Crippen molar-refractivity contribution in [1.82, 2.24) is 9.88 Å². The van der Waals surface area contributed by atoms with Crippen LogP contribution in [0.4, 0.5) is 5.82 Å². The van der Waals surface area contributed by atoms with Gasteiger partial charge in [-0.05, 0) is 68.1 Å². The van der Waals surface area contributed by atoms with Crippen molar-refractivity contribution in [3.05, 3.63) is 58.3 Å². The van der Waals surface area contributed by atoms with Crippen molar-refractivity contribution >= 4 is 11.8 Å². The number of aliphatic hydroxyl groups excluding tert-OH is 1. The first-order valence-electron chi connectivity index (χ1n) is 10.7. The van der Waals surface area contributed by atoms with Crippen molar-refractivity contribution in [3.63, 3.8) is 0 Å². The van der Waals surface area contributed by atoms with Gasteiger partial charge in [-0.25, -0.2) is 9.78 Å². The molecule has 3 heterocycles. The highest BCUT2D eigenvalue weighted by molar-refractivity contribution is 5.93. The molecule has 31 heavy (non-hydrogen) atoms. The number of piperidine rings is 1. The van der Waals surface area contributed by atoms with E-state index in [1.165, 1.54) is 0 Å². The molecule has 162 valence electrons. The van der Waals surface area contributed by atoms with Crippen LogP contribution < -0.4 is 4.90 Å². The molecule has 1 fully saturated rings. The lowest BCUT2D eigenvalue weighted by molar-refractivity contribution is 0.0535. The molecule has 0 spiro atoms. The van der Waals surface area contributed by atoms with Crippen molar-refractivity contribution in [2.24, 2.45) is 5.92 Å². The normalized spacial score (nSPS) is 17.7. The van der Waals surface area contributed by atoms with E-state index in [1.54, 1.807) is 18.3 Å². The first-order chi connectivity index (χ1) is 15.0.